The Bertz CT molecular complexity index is 799. The first-order chi connectivity index (χ1) is 12.1. The highest BCUT2D eigenvalue weighted by Gasteiger charge is 2.05. The smallest absolute Gasteiger partial charge is 0.260 e. The van der Waals surface area contributed by atoms with E-state index in [1.165, 1.54) is 16.8 Å². The average molecular weight is 343 g/mol. The third-order valence-electron chi connectivity index (χ3n) is 3.27. The summed E-state index contributed by atoms with van der Waals surface area (Å²) in [7, 11) is 1.58. The molecule has 2 rings (SSSR count). The zero-order chi connectivity index (χ0) is 18.1. The SMILES string of the molecule is CCCOc1cc(/C=N\NC(=O)Cn2ccccc2=O)ccc1OC. The number of nitrogens with zero attached hydrogens (tertiary/aromatic N) is 2. The van der Waals surface area contributed by atoms with Crippen LogP contribution in [0.1, 0.15) is 18.9 Å². The van der Waals surface area contributed by atoms with Crippen molar-refractivity contribution in [2.75, 3.05) is 13.7 Å². The van der Waals surface area contributed by atoms with Gasteiger partial charge in [0.2, 0.25) is 0 Å². The molecule has 2 aromatic rings. The molecule has 0 atom stereocenters. The van der Waals surface area contributed by atoms with Gasteiger partial charge >= 0.3 is 0 Å². The van der Waals surface area contributed by atoms with Gasteiger partial charge in [-0.2, -0.15) is 5.10 Å². The Morgan fingerprint density at radius 2 is 2.12 bits per heavy atom. The Hall–Kier alpha value is -3.09. The molecule has 1 amide bonds. The largest absolute Gasteiger partial charge is 0.493 e. The summed E-state index contributed by atoms with van der Waals surface area (Å²) in [5, 5.41) is 3.91. The molecule has 0 unspecified atom stereocenters. The van der Waals surface area contributed by atoms with Crippen LogP contribution >= 0.6 is 0 Å². The Kier molecular flexibility index (Phi) is 6.76. The van der Waals surface area contributed by atoms with Gasteiger partial charge in [0.25, 0.3) is 11.5 Å². The molecule has 7 nitrogen and oxygen atoms in total. The molecule has 7 heteroatoms. The number of hydrogen-bond donors (Lipinski definition) is 1. The van der Waals surface area contributed by atoms with Crippen molar-refractivity contribution < 1.29 is 14.3 Å². The molecule has 25 heavy (non-hydrogen) atoms. The van der Waals surface area contributed by atoms with E-state index in [0.29, 0.717) is 18.1 Å². The number of hydrogen-bond acceptors (Lipinski definition) is 5. The number of methoxy groups -OCH3 is 1. The molecule has 1 aromatic heterocycles. The summed E-state index contributed by atoms with van der Waals surface area (Å²) in [6.45, 7) is 2.51. The van der Waals surface area contributed by atoms with Gasteiger partial charge in [0, 0.05) is 12.3 Å². The van der Waals surface area contributed by atoms with Crippen molar-refractivity contribution in [3.05, 3.63) is 58.5 Å². The third kappa shape index (κ3) is 5.49. The Morgan fingerprint density at radius 3 is 2.84 bits per heavy atom. The normalized spacial score (nSPS) is 10.6. The van der Waals surface area contributed by atoms with Crippen LogP contribution in [0.25, 0.3) is 0 Å². The molecule has 1 heterocycles. The number of hydrazone groups is 1. The maximum atomic E-state index is 11.8. The van der Waals surface area contributed by atoms with Crippen LogP contribution in [0.2, 0.25) is 0 Å². The van der Waals surface area contributed by atoms with E-state index in [1.54, 1.807) is 43.6 Å². The lowest BCUT2D eigenvalue weighted by atomic mass is 10.2. The van der Waals surface area contributed by atoms with Crippen LogP contribution < -0.4 is 20.5 Å². The molecule has 0 bridgehead atoms. The van der Waals surface area contributed by atoms with Gasteiger partial charge in [-0.25, -0.2) is 5.43 Å². The summed E-state index contributed by atoms with van der Waals surface area (Å²) in [4.78, 5) is 23.4. The van der Waals surface area contributed by atoms with E-state index in [9.17, 15) is 9.59 Å². The summed E-state index contributed by atoms with van der Waals surface area (Å²) in [6.07, 6.45) is 3.94. The maximum absolute atomic E-state index is 11.8. The zero-order valence-corrected chi connectivity index (χ0v) is 14.3. The summed E-state index contributed by atoms with van der Waals surface area (Å²) in [5.41, 5.74) is 2.91. The standard InChI is InChI=1S/C18H21N3O4/c1-3-10-25-16-11-14(7-8-15(16)24-2)12-19-20-17(22)13-21-9-5-4-6-18(21)23/h4-9,11-12H,3,10,13H2,1-2H3,(H,20,22)/b19-12-. The Labute approximate surface area is 145 Å². The number of rotatable bonds is 8. The van der Waals surface area contributed by atoms with Crippen LogP contribution in [0.4, 0.5) is 0 Å². The second-order valence-electron chi connectivity index (χ2n) is 5.22. The monoisotopic (exact) mass is 343 g/mol. The molecular formula is C18H21N3O4. The lowest BCUT2D eigenvalue weighted by Crippen LogP contribution is -2.28. The zero-order valence-electron chi connectivity index (χ0n) is 14.3. The molecule has 0 aliphatic rings. The second kappa shape index (κ2) is 9.27. The number of aromatic nitrogens is 1. The predicted molar refractivity (Wildman–Crippen MR) is 95.2 cm³/mol. The van der Waals surface area contributed by atoms with Crippen LogP contribution in [0.15, 0.2) is 52.5 Å². The first-order valence-corrected chi connectivity index (χ1v) is 7.92. The molecule has 132 valence electrons. The highest BCUT2D eigenvalue weighted by molar-refractivity contribution is 5.83. The van der Waals surface area contributed by atoms with Gasteiger partial charge in [0.15, 0.2) is 11.5 Å². The molecular weight excluding hydrogens is 322 g/mol. The van der Waals surface area contributed by atoms with E-state index in [0.717, 1.165) is 12.0 Å². The van der Waals surface area contributed by atoms with Gasteiger partial charge in [-0.1, -0.05) is 13.0 Å². The molecule has 0 spiro atoms. The third-order valence-corrected chi connectivity index (χ3v) is 3.27. The Balaban J connectivity index is 1.98. The van der Waals surface area contributed by atoms with Crippen molar-refractivity contribution >= 4 is 12.1 Å². The van der Waals surface area contributed by atoms with Gasteiger partial charge in [0.1, 0.15) is 6.54 Å². The number of nitrogens with one attached hydrogen (secondary N) is 1. The van der Waals surface area contributed by atoms with Crippen LogP contribution in [0.3, 0.4) is 0 Å². The molecule has 0 aliphatic carbocycles. The topological polar surface area (TPSA) is 81.9 Å². The molecule has 0 fully saturated rings. The van der Waals surface area contributed by atoms with Crippen molar-refractivity contribution in [1.82, 2.24) is 9.99 Å². The molecule has 0 saturated carbocycles. The summed E-state index contributed by atoms with van der Waals surface area (Å²) >= 11 is 0. The van der Waals surface area contributed by atoms with E-state index >= 15 is 0 Å². The minimum absolute atomic E-state index is 0.0928. The van der Waals surface area contributed by atoms with Crippen LogP contribution in [0, 0.1) is 0 Å². The minimum Gasteiger partial charge on any atom is -0.493 e. The van der Waals surface area contributed by atoms with Crippen molar-refractivity contribution in [1.29, 1.82) is 0 Å². The van der Waals surface area contributed by atoms with Gasteiger partial charge in [-0.3, -0.25) is 9.59 Å². The first kappa shape index (κ1) is 18.3. The highest BCUT2D eigenvalue weighted by Crippen LogP contribution is 2.27. The average Bonchev–Trinajstić information content (AvgIpc) is 2.62. The van der Waals surface area contributed by atoms with Crippen LogP contribution in [-0.4, -0.2) is 30.4 Å². The van der Waals surface area contributed by atoms with Gasteiger partial charge in [-0.15, -0.1) is 0 Å². The maximum Gasteiger partial charge on any atom is 0.260 e. The summed E-state index contributed by atoms with van der Waals surface area (Å²) < 4.78 is 12.2. The van der Waals surface area contributed by atoms with E-state index in [1.807, 2.05) is 6.92 Å². The fourth-order valence-electron chi connectivity index (χ4n) is 2.06. The van der Waals surface area contributed by atoms with Crippen LogP contribution in [-0.2, 0) is 11.3 Å². The molecule has 0 saturated heterocycles. The Morgan fingerprint density at radius 1 is 1.28 bits per heavy atom. The predicted octanol–water partition coefficient (Wildman–Crippen LogP) is 1.80. The molecule has 0 radical (unpaired) electrons. The molecule has 1 N–H and O–H groups in total. The van der Waals surface area contributed by atoms with E-state index in [2.05, 4.69) is 10.5 Å². The number of carbonyl (C=O) groups is 1. The van der Waals surface area contributed by atoms with Gasteiger partial charge in [-0.05, 0) is 36.2 Å². The lowest BCUT2D eigenvalue weighted by Gasteiger charge is -2.10. The quantitative estimate of drug-likeness (QED) is 0.585. The van der Waals surface area contributed by atoms with Gasteiger partial charge in [0.05, 0.1) is 19.9 Å². The fraction of sp³-hybridized carbons (Fsp3) is 0.278. The fourth-order valence-corrected chi connectivity index (χ4v) is 2.06. The van der Waals surface area contributed by atoms with Crippen molar-refractivity contribution in [2.45, 2.75) is 19.9 Å². The van der Waals surface area contributed by atoms with Crippen molar-refractivity contribution in [2.24, 2.45) is 5.10 Å². The molecule has 1 aromatic carbocycles. The van der Waals surface area contributed by atoms with Gasteiger partial charge < -0.3 is 14.0 Å². The molecule has 0 aliphatic heterocycles. The number of carbonyl (C=O) groups excluding carboxylic acids is 1. The van der Waals surface area contributed by atoms with Crippen molar-refractivity contribution in [3.8, 4) is 11.5 Å². The van der Waals surface area contributed by atoms with E-state index in [4.69, 9.17) is 9.47 Å². The van der Waals surface area contributed by atoms with E-state index < -0.39 is 0 Å². The first-order valence-electron chi connectivity index (χ1n) is 7.92. The highest BCUT2D eigenvalue weighted by atomic mass is 16.5. The minimum atomic E-state index is -0.388. The van der Waals surface area contributed by atoms with Crippen molar-refractivity contribution in [3.63, 3.8) is 0 Å². The number of pyridine rings is 1. The summed E-state index contributed by atoms with van der Waals surface area (Å²) in [5.74, 6) is 0.870. The lowest BCUT2D eigenvalue weighted by molar-refractivity contribution is -0.121. The number of amides is 1. The van der Waals surface area contributed by atoms with Crippen LogP contribution in [0.5, 0.6) is 11.5 Å². The summed E-state index contributed by atoms with van der Waals surface area (Å²) in [6, 6.07) is 10.1. The number of ether oxygens (including phenoxy) is 2. The number of benzene rings is 1. The van der Waals surface area contributed by atoms with E-state index in [-0.39, 0.29) is 18.0 Å². The second-order valence-corrected chi connectivity index (χ2v) is 5.22.